The van der Waals surface area contributed by atoms with Crippen molar-refractivity contribution in [3.63, 3.8) is 0 Å². The molecule has 0 bridgehead atoms. The Labute approximate surface area is 158 Å². The van der Waals surface area contributed by atoms with E-state index in [0.29, 0.717) is 29.5 Å². The van der Waals surface area contributed by atoms with E-state index >= 15 is 0 Å². The molecule has 6 heteroatoms. The SMILES string of the molecule is CC.CCc1ccc2[nH]c(C(=O)N3CCc4ncccc4C3)nc2c1Cl. The summed E-state index contributed by atoms with van der Waals surface area (Å²) in [7, 11) is 0. The van der Waals surface area contributed by atoms with Gasteiger partial charge in [0.1, 0.15) is 5.52 Å². The number of aryl methyl sites for hydroxylation is 1. The molecule has 136 valence electrons. The van der Waals surface area contributed by atoms with Gasteiger partial charge in [0.2, 0.25) is 0 Å². The Balaban J connectivity index is 0.000000948. The molecule has 3 heterocycles. The Morgan fingerprint density at radius 3 is 2.88 bits per heavy atom. The maximum Gasteiger partial charge on any atom is 0.289 e. The first-order valence-electron chi connectivity index (χ1n) is 9.06. The molecule has 2 aromatic heterocycles. The van der Waals surface area contributed by atoms with Crippen LogP contribution in [0.1, 0.15) is 48.2 Å². The van der Waals surface area contributed by atoms with Crippen molar-refractivity contribution in [2.75, 3.05) is 6.54 Å². The highest BCUT2D eigenvalue weighted by Crippen LogP contribution is 2.27. The van der Waals surface area contributed by atoms with Crippen molar-refractivity contribution in [1.29, 1.82) is 0 Å². The predicted octanol–water partition coefficient (Wildman–Crippen LogP) is 4.40. The quantitative estimate of drug-likeness (QED) is 0.727. The monoisotopic (exact) mass is 370 g/mol. The van der Waals surface area contributed by atoms with Crippen LogP contribution in [0.2, 0.25) is 5.02 Å². The average molecular weight is 371 g/mol. The number of nitrogens with one attached hydrogen (secondary N) is 1. The second-order valence-corrected chi connectivity index (χ2v) is 6.34. The summed E-state index contributed by atoms with van der Waals surface area (Å²) < 4.78 is 0. The van der Waals surface area contributed by atoms with Crippen molar-refractivity contribution in [2.24, 2.45) is 0 Å². The van der Waals surface area contributed by atoms with Gasteiger partial charge < -0.3 is 9.88 Å². The lowest BCUT2D eigenvalue weighted by Gasteiger charge is -2.27. The van der Waals surface area contributed by atoms with E-state index in [1.165, 1.54) is 0 Å². The van der Waals surface area contributed by atoms with E-state index < -0.39 is 0 Å². The van der Waals surface area contributed by atoms with E-state index in [2.05, 4.69) is 15.0 Å². The molecular formula is C20H23ClN4O. The fourth-order valence-electron chi connectivity index (χ4n) is 3.15. The van der Waals surface area contributed by atoms with Crippen molar-refractivity contribution in [3.8, 4) is 0 Å². The molecule has 1 N–H and O–H groups in total. The zero-order chi connectivity index (χ0) is 18.7. The highest BCUT2D eigenvalue weighted by Gasteiger charge is 2.25. The van der Waals surface area contributed by atoms with Crippen LogP contribution < -0.4 is 0 Å². The molecule has 0 atom stereocenters. The molecule has 1 amide bonds. The topological polar surface area (TPSA) is 61.9 Å². The maximum absolute atomic E-state index is 12.8. The molecule has 4 rings (SSSR count). The number of aromatic nitrogens is 3. The van der Waals surface area contributed by atoms with Crippen LogP contribution in [-0.2, 0) is 19.4 Å². The number of hydrogen-bond acceptors (Lipinski definition) is 3. The largest absolute Gasteiger partial charge is 0.334 e. The van der Waals surface area contributed by atoms with Crippen LogP contribution in [0.25, 0.3) is 11.0 Å². The summed E-state index contributed by atoms with van der Waals surface area (Å²) >= 11 is 6.40. The highest BCUT2D eigenvalue weighted by atomic mass is 35.5. The molecule has 3 aromatic rings. The van der Waals surface area contributed by atoms with Gasteiger partial charge in [0.15, 0.2) is 5.82 Å². The van der Waals surface area contributed by atoms with Crippen LogP contribution in [0.3, 0.4) is 0 Å². The molecule has 26 heavy (non-hydrogen) atoms. The third-order valence-electron chi connectivity index (χ3n) is 4.51. The second kappa shape index (κ2) is 7.87. The fraction of sp³-hybridized carbons (Fsp3) is 0.350. The summed E-state index contributed by atoms with van der Waals surface area (Å²) in [6, 6.07) is 7.82. The third kappa shape index (κ3) is 3.31. The number of amides is 1. The third-order valence-corrected chi connectivity index (χ3v) is 4.93. The van der Waals surface area contributed by atoms with Crippen molar-refractivity contribution in [2.45, 2.75) is 40.2 Å². The van der Waals surface area contributed by atoms with E-state index in [9.17, 15) is 4.79 Å². The number of H-pyrrole nitrogens is 1. The molecule has 0 spiro atoms. The Kier molecular flexibility index (Phi) is 5.57. The zero-order valence-corrected chi connectivity index (χ0v) is 16.1. The molecule has 0 saturated carbocycles. The Hall–Kier alpha value is -2.40. The molecular weight excluding hydrogens is 348 g/mol. The van der Waals surface area contributed by atoms with Crippen LogP contribution in [-0.4, -0.2) is 32.3 Å². The number of rotatable bonds is 2. The van der Waals surface area contributed by atoms with Crippen LogP contribution in [0.5, 0.6) is 0 Å². The van der Waals surface area contributed by atoms with Crippen molar-refractivity contribution in [1.82, 2.24) is 19.9 Å². The van der Waals surface area contributed by atoms with E-state index in [-0.39, 0.29) is 5.91 Å². The smallest absolute Gasteiger partial charge is 0.289 e. The van der Waals surface area contributed by atoms with Gasteiger partial charge in [-0.15, -0.1) is 0 Å². The number of halogens is 1. The van der Waals surface area contributed by atoms with Gasteiger partial charge in [-0.05, 0) is 29.7 Å². The number of aromatic amines is 1. The minimum Gasteiger partial charge on any atom is -0.334 e. The summed E-state index contributed by atoms with van der Waals surface area (Å²) in [6.45, 7) is 7.26. The second-order valence-electron chi connectivity index (χ2n) is 5.96. The maximum atomic E-state index is 12.8. The van der Waals surface area contributed by atoms with Crippen LogP contribution in [0.15, 0.2) is 30.5 Å². The van der Waals surface area contributed by atoms with Gasteiger partial charge in [0.25, 0.3) is 5.91 Å². The summed E-state index contributed by atoms with van der Waals surface area (Å²) in [5, 5.41) is 0.624. The Morgan fingerprint density at radius 1 is 1.31 bits per heavy atom. The summed E-state index contributed by atoms with van der Waals surface area (Å²) in [6.07, 6.45) is 3.40. The zero-order valence-electron chi connectivity index (χ0n) is 15.3. The number of carbonyl (C=O) groups excluding carboxylic acids is 1. The molecule has 5 nitrogen and oxygen atoms in total. The molecule has 0 aliphatic carbocycles. The van der Waals surface area contributed by atoms with Gasteiger partial charge in [-0.2, -0.15) is 0 Å². The normalized spacial score (nSPS) is 13.2. The summed E-state index contributed by atoms with van der Waals surface area (Å²) in [5.74, 6) is 0.238. The average Bonchev–Trinajstić information content (AvgIpc) is 3.14. The van der Waals surface area contributed by atoms with Gasteiger partial charge in [0.05, 0.1) is 10.5 Å². The van der Waals surface area contributed by atoms with E-state index in [1.54, 1.807) is 11.1 Å². The fourth-order valence-corrected chi connectivity index (χ4v) is 3.49. The number of hydrogen-bond donors (Lipinski definition) is 1. The number of pyridine rings is 1. The Morgan fingerprint density at radius 2 is 2.12 bits per heavy atom. The molecule has 1 aliphatic rings. The van der Waals surface area contributed by atoms with Crippen LogP contribution >= 0.6 is 11.6 Å². The lowest BCUT2D eigenvalue weighted by atomic mass is 10.1. The molecule has 1 aromatic carbocycles. The molecule has 0 fully saturated rings. The minimum atomic E-state index is -0.102. The first-order valence-corrected chi connectivity index (χ1v) is 9.44. The van der Waals surface area contributed by atoms with Crippen LogP contribution in [0, 0.1) is 0 Å². The first kappa shape index (κ1) is 18.4. The van der Waals surface area contributed by atoms with Gasteiger partial charge in [0, 0.05) is 31.4 Å². The van der Waals surface area contributed by atoms with Crippen molar-refractivity contribution in [3.05, 3.63) is 58.1 Å². The van der Waals surface area contributed by atoms with Gasteiger partial charge in [-0.1, -0.05) is 44.5 Å². The van der Waals surface area contributed by atoms with E-state index in [1.807, 2.05) is 45.0 Å². The van der Waals surface area contributed by atoms with E-state index in [4.69, 9.17) is 11.6 Å². The number of imidazole rings is 1. The van der Waals surface area contributed by atoms with E-state index in [0.717, 1.165) is 35.2 Å². The standard InChI is InChI=1S/C18H17ClN4O.C2H6/c1-2-11-5-6-14-16(15(11)19)22-17(21-14)18(24)23-9-7-13-12(10-23)4-3-8-20-13;1-2/h3-6,8H,2,7,9-10H2,1H3,(H,21,22);1-2H3. The lowest BCUT2D eigenvalue weighted by molar-refractivity contribution is 0.0722. The van der Waals surface area contributed by atoms with Gasteiger partial charge >= 0.3 is 0 Å². The van der Waals surface area contributed by atoms with Crippen molar-refractivity contribution >= 4 is 28.5 Å². The Bertz CT molecular complexity index is 935. The predicted molar refractivity (Wildman–Crippen MR) is 105 cm³/mol. The number of fused-ring (bicyclic) bond motifs is 2. The minimum absolute atomic E-state index is 0.102. The van der Waals surface area contributed by atoms with Crippen molar-refractivity contribution < 1.29 is 4.79 Å². The molecule has 0 unspecified atom stereocenters. The highest BCUT2D eigenvalue weighted by molar-refractivity contribution is 6.35. The summed E-state index contributed by atoms with van der Waals surface area (Å²) in [4.78, 5) is 26.6. The molecule has 1 aliphatic heterocycles. The lowest BCUT2D eigenvalue weighted by Crippen LogP contribution is -2.36. The number of nitrogens with zero attached hydrogens (tertiary/aromatic N) is 3. The molecule has 0 radical (unpaired) electrons. The summed E-state index contributed by atoms with van der Waals surface area (Å²) in [5.41, 5.74) is 4.66. The first-order chi connectivity index (χ1) is 12.7. The molecule has 0 saturated heterocycles. The van der Waals surface area contributed by atoms with Gasteiger partial charge in [-0.25, -0.2) is 4.98 Å². The number of benzene rings is 1. The number of carbonyl (C=O) groups is 1. The van der Waals surface area contributed by atoms with Crippen LogP contribution in [0.4, 0.5) is 0 Å². The van der Waals surface area contributed by atoms with Gasteiger partial charge in [-0.3, -0.25) is 9.78 Å².